The number of amides is 3. The first-order valence-electron chi connectivity index (χ1n) is 15.2. The number of piperidine rings is 1. The lowest BCUT2D eigenvalue weighted by atomic mass is 10.1. The summed E-state index contributed by atoms with van der Waals surface area (Å²) in [5.74, 6) is 1.53. The summed E-state index contributed by atoms with van der Waals surface area (Å²) in [6.07, 6.45) is 5.52. The summed E-state index contributed by atoms with van der Waals surface area (Å²) in [5.41, 5.74) is 0. The Labute approximate surface area is 249 Å². The molecule has 1 heterocycles. The molecule has 0 spiro atoms. The second-order valence-corrected chi connectivity index (χ2v) is 10.3. The number of likely N-dealkylation sites (tertiary alicyclic amines) is 1. The average molecular weight is 584 g/mol. The van der Waals surface area contributed by atoms with Gasteiger partial charge in [0.15, 0.2) is 12.5 Å². The number of carbonyl (C=O) groups is 3. The van der Waals surface area contributed by atoms with E-state index in [-0.39, 0.29) is 5.75 Å². The van der Waals surface area contributed by atoms with Crippen molar-refractivity contribution in [2.45, 2.75) is 96.9 Å². The fourth-order valence-electron chi connectivity index (χ4n) is 4.57. The van der Waals surface area contributed by atoms with E-state index in [1.165, 1.54) is 4.90 Å². The molecule has 1 fully saturated rings. The lowest BCUT2D eigenvalue weighted by Crippen LogP contribution is -2.55. The highest BCUT2D eigenvalue weighted by molar-refractivity contribution is 5.73. The second kappa shape index (κ2) is 18.5. The van der Waals surface area contributed by atoms with Crippen LogP contribution in [0.1, 0.15) is 84.5 Å². The maximum Gasteiger partial charge on any atom is 0.421 e. The van der Waals surface area contributed by atoms with Crippen molar-refractivity contribution in [1.29, 1.82) is 0 Å². The number of carbonyl (C=O) groups excluding carboxylic acids is 3. The molecule has 2 aromatic carbocycles. The molecule has 0 radical (unpaired) electrons. The Morgan fingerprint density at radius 1 is 0.690 bits per heavy atom. The molecule has 2 N–H and O–H groups in total. The molecule has 1 saturated heterocycles. The highest BCUT2D eigenvalue weighted by Gasteiger charge is 2.40. The molecule has 2 aromatic rings. The van der Waals surface area contributed by atoms with Gasteiger partial charge < -0.3 is 29.6 Å². The van der Waals surface area contributed by atoms with Gasteiger partial charge in [-0.15, -0.1) is 0 Å². The molecule has 0 aromatic heterocycles. The Morgan fingerprint density at radius 3 is 1.71 bits per heavy atom. The maximum absolute atomic E-state index is 13.4. The lowest BCUT2D eigenvalue weighted by Gasteiger charge is -2.39. The fourth-order valence-corrected chi connectivity index (χ4v) is 4.57. The van der Waals surface area contributed by atoms with E-state index in [1.54, 1.807) is 24.3 Å². The molecule has 230 valence electrons. The van der Waals surface area contributed by atoms with E-state index in [0.29, 0.717) is 43.9 Å². The summed E-state index contributed by atoms with van der Waals surface area (Å²) in [7, 11) is 0. The minimum atomic E-state index is -0.954. The predicted octanol–water partition coefficient (Wildman–Crippen LogP) is 7.73. The van der Waals surface area contributed by atoms with Crippen molar-refractivity contribution in [1.82, 2.24) is 15.5 Å². The predicted molar refractivity (Wildman–Crippen MR) is 159 cm³/mol. The molecule has 2 atom stereocenters. The van der Waals surface area contributed by atoms with Crippen molar-refractivity contribution >= 4 is 18.3 Å². The van der Waals surface area contributed by atoms with E-state index in [9.17, 15) is 14.4 Å². The third-order valence-corrected chi connectivity index (χ3v) is 6.83. The molecule has 10 heteroatoms. The zero-order chi connectivity index (χ0) is 30.0. The first kappa shape index (κ1) is 32.6. The van der Waals surface area contributed by atoms with Crippen LogP contribution in [0.15, 0.2) is 54.6 Å². The third-order valence-electron chi connectivity index (χ3n) is 6.83. The molecule has 42 heavy (non-hydrogen) atoms. The number of nitrogens with one attached hydrogen (secondary N) is 2. The van der Waals surface area contributed by atoms with Crippen LogP contribution in [0.3, 0.4) is 0 Å². The number of rotatable bonds is 15. The fraction of sp³-hybridized carbons (Fsp3) is 0.531. The Balaban J connectivity index is 1.64. The summed E-state index contributed by atoms with van der Waals surface area (Å²) < 4.78 is 22.7. The summed E-state index contributed by atoms with van der Waals surface area (Å²) in [5, 5.41) is 5.50. The van der Waals surface area contributed by atoms with E-state index in [1.807, 2.05) is 30.3 Å². The third kappa shape index (κ3) is 11.5. The van der Waals surface area contributed by atoms with E-state index in [2.05, 4.69) is 24.5 Å². The molecule has 10 nitrogen and oxygen atoms in total. The first-order chi connectivity index (χ1) is 20.5. The van der Waals surface area contributed by atoms with Crippen LogP contribution in [0.4, 0.5) is 14.4 Å². The molecule has 0 saturated carbocycles. The van der Waals surface area contributed by atoms with Gasteiger partial charge in [0.05, 0.1) is 0 Å². The van der Waals surface area contributed by atoms with Crippen LogP contribution in [-0.4, -0.2) is 48.7 Å². The highest BCUT2D eigenvalue weighted by atomic mass is 16.6. The molecule has 3 amide bonds. The highest BCUT2D eigenvalue weighted by Crippen LogP contribution is 2.28. The molecule has 1 aliphatic heterocycles. The summed E-state index contributed by atoms with van der Waals surface area (Å²) in [4.78, 5) is 39.8. The van der Waals surface area contributed by atoms with Crippen molar-refractivity contribution in [3.63, 3.8) is 0 Å². The molecule has 3 rings (SSSR count). The summed E-state index contributed by atoms with van der Waals surface area (Å²) in [6.45, 7) is 5.20. The van der Waals surface area contributed by atoms with Crippen LogP contribution < -0.4 is 20.1 Å². The number of hydrogen-bond acceptors (Lipinski definition) is 7. The van der Waals surface area contributed by atoms with Crippen LogP contribution in [-0.2, 0) is 9.47 Å². The van der Waals surface area contributed by atoms with E-state index in [0.717, 1.165) is 51.4 Å². The van der Waals surface area contributed by atoms with Crippen LogP contribution in [0.5, 0.6) is 17.2 Å². The van der Waals surface area contributed by atoms with Crippen LogP contribution in [0.2, 0.25) is 0 Å². The maximum atomic E-state index is 13.4. The van der Waals surface area contributed by atoms with Crippen molar-refractivity contribution in [2.75, 3.05) is 13.1 Å². The minimum absolute atomic E-state index is 0.268. The number of ether oxygens (including phenoxy) is 4. The summed E-state index contributed by atoms with van der Waals surface area (Å²) in [6, 6.07) is 15.9. The SMILES string of the molecule is CCCCCCNC(=O)OC1CCCC(OC(=O)NCCCCCC)N1C(=O)Oc1ccc(Oc2ccccc2)cc1. The van der Waals surface area contributed by atoms with Crippen molar-refractivity contribution in [3.05, 3.63) is 54.6 Å². The molecular formula is C32H45N3O7. The molecular weight excluding hydrogens is 538 g/mol. The Morgan fingerprint density at radius 2 is 1.19 bits per heavy atom. The van der Waals surface area contributed by atoms with E-state index >= 15 is 0 Å². The van der Waals surface area contributed by atoms with Crippen LogP contribution in [0.25, 0.3) is 0 Å². The quantitative estimate of drug-likeness (QED) is 0.206. The number of alkyl carbamates (subject to hydrolysis) is 2. The molecule has 0 bridgehead atoms. The standard InChI is InChI=1S/C32H45N3O7/c1-3-5-7-12-23-33-30(36)41-28-17-14-18-29(42-31(37)34-24-13-8-6-4-2)35(28)32(38)40-27-21-19-26(20-22-27)39-25-15-10-9-11-16-25/h9-11,15-16,19-22,28-29H,3-8,12-14,17-18,23-24H2,1-2H3,(H,33,36)(H,34,37). The minimum Gasteiger partial charge on any atom is -0.457 e. The Bertz CT molecular complexity index is 1050. The summed E-state index contributed by atoms with van der Waals surface area (Å²) >= 11 is 0. The van der Waals surface area contributed by atoms with Gasteiger partial charge in [0.25, 0.3) is 0 Å². The largest absolute Gasteiger partial charge is 0.457 e. The monoisotopic (exact) mass is 583 g/mol. The van der Waals surface area contributed by atoms with E-state index in [4.69, 9.17) is 18.9 Å². The van der Waals surface area contributed by atoms with Gasteiger partial charge in [-0.3, -0.25) is 0 Å². The smallest absolute Gasteiger partial charge is 0.421 e. The van der Waals surface area contributed by atoms with Crippen LogP contribution in [0, 0.1) is 0 Å². The average Bonchev–Trinajstić information content (AvgIpc) is 2.98. The van der Waals surface area contributed by atoms with Gasteiger partial charge >= 0.3 is 18.3 Å². The Hall–Kier alpha value is -3.95. The van der Waals surface area contributed by atoms with Gasteiger partial charge in [-0.1, -0.05) is 70.6 Å². The van der Waals surface area contributed by atoms with Gasteiger partial charge in [0, 0.05) is 25.9 Å². The van der Waals surface area contributed by atoms with Gasteiger partial charge in [-0.2, -0.15) is 0 Å². The van der Waals surface area contributed by atoms with Crippen molar-refractivity contribution < 1.29 is 33.3 Å². The zero-order valence-corrected chi connectivity index (χ0v) is 24.8. The van der Waals surface area contributed by atoms with Crippen molar-refractivity contribution in [2.24, 2.45) is 0 Å². The number of nitrogens with zero attached hydrogens (tertiary/aromatic N) is 1. The van der Waals surface area contributed by atoms with Gasteiger partial charge in [0.2, 0.25) is 0 Å². The topological polar surface area (TPSA) is 115 Å². The molecule has 1 aliphatic rings. The van der Waals surface area contributed by atoms with Gasteiger partial charge in [-0.25, -0.2) is 19.3 Å². The number of para-hydroxylation sites is 1. The van der Waals surface area contributed by atoms with E-state index < -0.39 is 30.7 Å². The number of hydrogen-bond donors (Lipinski definition) is 2. The number of unbranched alkanes of at least 4 members (excludes halogenated alkanes) is 6. The number of benzene rings is 2. The zero-order valence-electron chi connectivity index (χ0n) is 24.8. The normalized spacial score (nSPS) is 16.3. The second-order valence-electron chi connectivity index (χ2n) is 10.3. The molecule has 2 unspecified atom stereocenters. The van der Waals surface area contributed by atoms with Crippen LogP contribution >= 0.6 is 0 Å². The lowest BCUT2D eigenvalue weighted by molar-refractivity contribution is -0.113. The van der Waals surface area contributed by atoms with Gasteiger partial charge in [0.1, 0.15) is 17.2 Å². The van der Waals surface area contributed by atoms with Gasteiger partial charge in [-0.05, 0) is 55.7 Å². The Kier molecular flexibility index (Phi) is 14.3. The molecule has 0 aliphatic carbocycles. The first-order valence-corrected chi connectivity index (χ1v) is 15.2. The van der Waals surface area contributed by atoms with Crippen molar-refractivity contribution in [3.8, 4) is 17.2 Å².